The zero-order chi connectivity index (χ0) is 13.1. The van der Waals surface area contributed by atoms with Crippen LogP contribution in [0.3, 0.4) is 0 Å². The highest BCUT2D eigenvalue weighted by molar-refractivity contribution is 9.10. The van der Waals surface area contributed by atoms with Gasteiger partial charge in [-0.05, 0) is 39.5 Å². The third-order valence-electron chi connectivity index (χ3n) is 2.49. The Labute approximate surface area is 117 Å². The molecule has 0 saturated heterocycles. The van der Waals surface area contributed by atoms with Crippen molar-refractivity contribution >= 4 is 33.0 Å². The van der Waals surface area contributed by atoms with E-state index in [0.29, 0.717) is 0 Å². The largest absolute Gasteiger partial charge is 0.496 e. The van der Waals surface area contributed by atoms with E-state index in [2.05, 4.69) is 15.9 Å². The van der Waals surface area contributed by atoms with Gasteiger partial charge in [-0.3, -0.25) is 4.79 Å². The lowest BCUT2D eigenvalue weighted by molar-refractivity contribution is 0.0986. The minimum Gasteiger partial charge on any atom is -0.496 e. The number of rotatable bonds is 4. The fourth-order valence-corrected chi connectivity index (χ4v) is 3.12. The first-order valence-electron chi connectivity index (χ1n) is 5.21. The minimum atomic E-state index is -0.549. The molecule has 2 rings (SSSR count). The first kappa shape index (κ1) is 13.2. The summed E-state index contributed by atoms with van der Waals surface area (Å²) in [6.45, 7) is 0. The van der Waals surface area contributed by atoms with Crippen LogP contribution < -0.4 is 4.74 Å². The Morgan fingerprint density at radius 3 is 2.83 bits per heavy atom. The van der Waals surface area contributed by atoms with Crippen LogP contribution in [0.25, 0.3) is 0 Å². The SMILES string of the molecule is COc1cccc(F)c1C(=O)Cc1sccc1Br. The number of hydrogen-bond acceptors (Lipinski definition) is 3. The van der Waals surface area contributed by atoms with Gasteiger partial charge in [-0.15, -0.1) is 11.3 Å². The Kier molecular flexibility index (Phi) is 4.14. The highest BCUT2D eigenvalue weighted by Gasteiger charge is 2.19. The van der Waals surface area contributed by atoms with Crippen LogP contribution in [-0.4, -0.2) is 12.9 Å². The van der Waals surface area contributed by atoms with Gasteiger partial charge in [0.15, 0.2) is 5.78 Å². The fraction of sp³-hybridized carbons (Fsp3) is 0.154. The van der Waals surface area contributed by atoms with Gasteiger partial charge in [0.2, 0.25) is 0 Å². The van der Waals surface area contributed by atoms with Gasteiger partial charge >= 0.3 is 0 Å². The molecule has 0 fully saturated rings. The molecule has 0 atom stereocenters. The molecule has 1 heterocycles. The molecule has 94 valence electrons. The number of ether oxygens (including phenoxy) is 1. The molecule has 0 amide bonds. The number of thiophene rings is 1. The molecular formula is C13H10BrFO2S. The Morgan fingerprint density at radius 1 is 1.44 bits per heavy atom. The van der Waals surface area contributed by atoms with E-state index in [9.17, 15) is 9.18 Å². The second kappa shape index (κ2) is 5.63. The summed E-state index contributed by atoms with van der Waals surface area (Å²) in [7, 11) is 1.42. The number of hydrogen-bond donors (Lipinski definition) is 0. The number of carbonyl (C=O) groups excluding carboxylic acids is 1. The standard InChI is InChI=1S/C13H10BrFO2S/c1-17-11-4-2-3-9(15)13(11)10(16)7-12-8(14)5-6-18-12/h2-6H,7H2,1H3. The van der Waals surface area contributed by atoms with E-state index >= 15 is 0 Å². The molecule has 18 heavy (non-hydrogen) atoms. The maximum atomic E-state index is 13.7. The minimum absolute atomic E-state index is 0.0142. The summed E-state index contributed by atoms with van der Waals surface area (Å²) in [6, 6.07) is 6.23. The maximum absolute atomic E-state index is 13.7. The van der Waals surface area contributed by atoms with Crippen LogP contribution in [0.1, 0.15) is 15.2 Å². The molecule has 1 aromatic heterocycles. The second-order valence-corrected chi connectivity index (χ2v) is 5.46. The molecule has 1 aromatic carbocycles. The molecule has 0 N–H and O–H groups in total. The predicted octanol–water partition coefficient (Wildman–Crippen LogP) is 4.08. The molecule has 5 heteroatoms. The lowest BCUT2D eigenvalue weighted by Gasteiger charge is -2.08. The Hall–Kier alpha value is -1.20. The number of benzene rings is 1. The van der Waals surface area contributed by atoms with Crippen molar-refractivity contribution in [2.24, 2.45) is 0 Å². The van der Waals surface area contributed by atoms with Gasteiger partial charge in [-0.1, -0.05) is 6.07 Å². The van der Waals surface area contributed by atoms with E-state index in [1.54, 1.807) is 6.07 Å². The van der Waals surface area contributed by atoms with Gasteiger partial charge < -0.3 is 4.74 Å². The molecule has 0 aliphatic heterocycles. The van der Waals surface area contributed by atoms with Gasteiger partial charge in [0.25, 0.3) is 0 Å². The first-order chi connectivity index (χ1) is 8.63. The van der Waals surface area contributed by atoms with E-state index in [-0.39, 0.29) is 23.5 Å². The maximum Gasteiger partial charge on any atom is 0.174 e. The van der Waals surface area contributed by atoms with Crippen LogP contribution in [0, 0.1) is 5.82 Å². The average Bonchev–Trinajstić information content (AvgIpc) is 2.74. The lowest BCUT2D eigenvalue weighted by atomic mass is 10.1. The molecule has 0 unspecified atom stereocenters. The zero-order valence-corrected chi connectivity index (χ0v) is 12.0. The number of carbonyl (C=O) groups is 1. The Morgan fingerprint density at radius 2 is 2.22 bits per heavy atom. The van der Waals surface area contributed by atoms with Gasteiger partial charge in [0.1, 0.15) is 11.6 Å². The smallest absolute Gasteiger partial charge is 0.174 e. The van der Waals surface area contributed by atoms with E-state index in [0.717, 1.165) is 9.35 Å². The molecule has 2 nitrogen and oxygen atoms in total. The molecular weight excluding hydrogens is 319 g/mol. The summed E-state index contributed by atoms with van der Waals surface area (Å²) in [6.07, 6.45) is 0.162. The summed E-state index contributed by atoms with van der Waals surface area (Å²) >= 11 is 4.82. The van der Waals surface area contributed by atoms with Crippen molar-refractivity contribution < 1.29 is 13.9 Å². The number of Topliss-reactive ketones (excluding diaryl/α,β-unsaturated/α-hetero) is 1. The van der Waals surface area contributed by atoms with Crippen LogP contribution in [0.15, 0.2) is 34.1 Å². The molecule has 0 bridgehead atoms. The van der Waals surface area contributed by atoms with Crippen LogP contribution in [0.2, 0.25) is 0 Å². The van der Waals surface area contributed by atoms with Crippen molar-refractivity contribution in [1.29, 1.82) is 0 Å². The van der Waals surface area contributed by atoms with Crippen molar-refractivity contribution in [2.75, 3.05) is 7.11 Å². The van der Waals surface area contributed by atoms with Crippen molar-refractivity contribution in [3.8, 4) is 5.75 Å². The van der Waals surface area contributed by atoms with Crippen molar-refractivity contribution in [1.82, 2.24) is 0 Å². The van der Waals surface area contributed by atoms with Gasteiger partial charge in [-0.2, -0.15) is 0 Å². The third kappa shape index (κ3) is 2.62. The lowest BCUT2D eigenvalue weighted by Crippen LogP contribution is -2.08. The van der Waals surface area contributed by atoms with Crippen molar-refractivity contribution in [3.63, 3.8) is 0 Å². The fourth-order valence-electron chi connectivity index (χ4n) is 1.63. The van der Waals surface area contributed by atoms with E-state index in [1.807, 2.05) is 11.4 Å². The monoisotopic (exact) mass is 328 g/mol. The summed E-state index contributed by atoms with van der Waals surface area (Å²) < 4.78 is 19.6. The molecule has 0 saturated carbocycles. The highest BCUT2D eigenvalue weighted by atomic mass is 79.9. The van der Waals surface area contributed by atoms with Crippen molar-refractivity contribution in [3.05, 3.63) is 50.4 Å². The number of ketones is 1. The highest BCUT2D eigenvalue weighted by Crippen LogP contribution is 2.27. The van der Waals surface area contributed by atoms with E-state index < -0.39 is 5.82 Å². The molecule has 0 spiro atoms. The Bertz CT molecular complexity index is 580. The van der Waals surface area contributed by atoms with Gasteiger partial charge in [0.05, 0.1) is 12.7 Å². The number of halogens is 2. The van der Waals surface area contributed by atoms with E-state index in [1.165, 1.54) is 30.6 Å². The van der Waals surface area contributed by atoms with Crippen molar-refractivity contribution in [2.45, 2.75) is 6.42 Å². The van der Waals surface area contributed by atoms with Crippen LogP contribution in [0.4, 0.5) is 4.39 Å². The Balaban J connectivity index is 2.32. The second-order valence-electron chi connectivity index (χ2n) is 3.61. The quantitative estimate of drug-likeness (QED) is 0.790. The summed E-state index contributed by atoms with van der Waals surface area (Å²) in [4.78, 5) is 13.0. The molecule has 0 aliphatic rings. The average molecular weight is 329 g/mol. The molecule has 2 aromatic rings. The molecule has 0 aliphatic carbocycles. The zero-order valence-electron chi connectivity index (χ0n) is 9.57. The summed E-state index contributed by atoms with van der Waals surface area (Å²) in [5.41, 5.74) is 0.0142. The molecule has 0 radical (unpaired) electrons. The van der Waals surface area contributed by atoms with Crippen LogP contribution in [-0.2, 0) is 6.42 Å². The first-order valence-corrected chi connectivity index (χ1v) is 6.88. The third-order valence-corrected chi connectivity index (χ3v) is 4.41. The summed E-state index contributed by atoms with van der Waals surface area (Å²) in [5, 5.41) is 1.88. The van der Waals surface area contributed by atoms with E-state index in [4.69, 9.17) is 4.74 Å². The van der Waals surface area contributed by atoms with Gasteiger partial charge in [-0.25, -0.2) is 4.39 Å². The normalized spacial score (nSPS) is 10.4. The van der Waals surface area contributed by atoms with Crippen LogP contribution >= 0.6 is 27.3 Å². The van der Waals surface area contributed by atoms with Gasteiger partial charge in [0, 0.05) is 15.8 Å². The summed E-state index contributed by atoms with van der Waals surface area (Å²) in [5.74, 6) is -0.562. The van der Waals surface area contributed by atoms with Crippen LogP contribution in [0.5, 0.6) is 5.75 Å². The number of methoxy groups -OCH3 is 1. The topological polar surface area (TPSA) is 26.3 Å². The predicted molar refractivity (Wildman–Crippen MR) is 73.0 cm³/mol.